The molecule has 0 fully saturated rings. The highest BCUT2D eigenvalue weighted by Gasteiger charge is 2.32. The average Bonchev–Trinajstić information content (AvgIpc) is 2.16. The summed E-state index contributed by atoms with van der Waals surface area (Å²) in [5, 5.41) is 2.82. The summed E-state index contributed by atoms with van der Waals surface area (Å²) in [6.07, 6.45) is -4.39. The van der Waals surface area contributed by atoms with Crippen LogP contribution in [0.1, 0.15) is 21.5 Å². The van der Waals surface area contributed by atoms with Gasteiger partial charge in [0.25, 0.3) is 0 Å². The van der Waals surface area contributed by atoms with Crippen molar-refractivity contribution in [1.29, 1.82) is 0 Å². The van der Waals surface area contributed by atoms with Gasteiger partial charge in [0.15, 0.2) is 5.78 Å². The van der Waals surface area contributed by atoms with Gasteiger partial charge in [0.1, 0.15) is 0 Å². The maximum atomic E-state index is 12.4. The second kappa shape index (κ2) is 3.34. The van der Waals surface area contributed by atoms with Crippen LogP contribution in [0, 0.1) is 0 Å². The lowest BCUT2D eigenvalue weighted by molar-refractivity contribution is -0.137. The summed E-state index contributed by atoms with van der Waals surface area (Å²) in [7, 11) is 0. The van der Waals surface area contributed by atoms with Gasteiger partial charge in [-0.3, -0.25) is 4.79 Å². The molecule has 0 atom stereocenters. The van der Waals surface area contributed by atoms with Crippen LogP contribution in [0.4, 0.5) is 13.2 Å². The van der Waals surface area contributed by atoms with E-state index >= 15 is 0 Å². The third kappa shape index (κ3) is 1.87. The molecule has 0 amide bonds. The molecule has 1 N–H and O–H groups in total. The van der Waals surface area contributed by atoms with Gasteiger partial charge in [-0.15, -0.1) is 0 Å². The predicted octanol–water partition coefficient (Wildman–Crippen LogP) is 1.99. The smallest absolute Gasteiger partial charge is 0.306 e. The number of hydrogen-bond acceptors (Lipinski definition) is 2. The number of ketones is 1. The van der Waals surface area contributed by atoms with Gasteiger partial charge in [-0.2, -0.15) is 13.2 Å². The fraction of sp³-hybridized carbons (Fsp3) is 0.300. The summed E-state index contributed by atoms with van der Waals surface area (Å²) in [4.78, 5) is 11.3. The highest BCUT2D eigenvalue weighted by atomic mass is 19.4. The van der Waals surface area contributed by atoms with Crippen molar-refractivity contribution >= 4 is 5.78 Å². The minimum Gasteiger partial charge on any atom is -0.306 e. The normalized spacial score (nSPS) is 16.3. The van der Waals surface area contributed by atoms with E-state index in [9.17, 15) is 18.0 Å². The van der Waals surface area contributed by atoms with Crippen molar-refractivity contribution in [3.63, 3.8) is 0 Å². The second-order valence-electron chi connectivity index (χ2n) is 3.40. The Morgan fingerprint density at radius 1 is 1.20 bits per heavy atom. The summed E-state index contributed by atoms with van der Waals surface area (Å²) in [6.45, 7) is 0.549. The second-order valence-corrected chi connectivity index (χ2v) is 3.40. The maximum absolute atomic E-state index is 12.4. The molecule has 1 aromatic carbocycles. The Hall–Kier alpha value is -1.36. The summed E-state index contributed by atoms with van der Waals surface area (Å²) in [5.74, 6) is -0.289. The van der Waals surface area contributed by atoms with Gasteiger partial charge in [0, 0.05) is 12.1 Å². The van der Waals surface area contributed by atoms with E-state index in [2.05, 4.69) is 5.32 Å². The van der Waals surface area contributed by atoms with Crippen LogP contribution in [-0.2, 0) is 12.7 Å². The van der Waals surface area contributed by atoms with Crippen molar-refractivity contribution in [3.05, 3.63) is 34.9 Å². The first-order valence-electron chi connectivity index (χ1n) is 4.42. The van der Waals surface area contributed by atoms with Crippen LogP contribution < -0.4 is 5.32 Å². The van der Waals surface area contributed by atoms with Crippen molar-refractivity contribution in [2.45, 2.75) is 12.7 Å². The van der Waals surface area contributed by atoms with Gasteiger partial charge >= 0.3 is 6.18 Å². The largest absolute Gasteiger partial charge is 0.416 e. The Labute approximate surface area is 84.1 Å². The van der Waals surface area contributed by atoms with Crippen LogP contribution in [0.5, 0.6) is 0 Å². The van der Waals surface area contributed by atoms with E-state index < -0.39 is 11.7 Å². The Morgan fingerprint density at radius 3 is 2.60 bits per heavy atom. The van der Waals surface area contributed by atoms with Gasteiger partial charge in [-0.1, -0.05) is 6.07 Å². The topological polar surface area (TPSA) is 29.1 Å². The highest BCUT2D eigenvalue weighted by molar-refractivity contribution is 6.00. The molecule has 5 heteroatoms. The number of Topliss-reactive ketones (excluding diaryl/α,β-unsaturated/α-hetero) is 1. The number of benzene rings is 1. The molecule has 1 aliphatic heterocycles. The van der Waals surface area contributed by atoms with E-state index in [1.165, 1.54) is 6.07 Å². The van der Waals surface area contributed by atoms with Crippen molar-refractivity contribution in [1.82, 2.24) is 5.32 Å². The van der Waals surface area contributed by atoms with Crippen molar-refractivity contribution in [2.24, 2.45) is 0 Å². The maximum Gasteiger partial charge on any atom is 0.416 e. The zero-order valence-corrected chi connectivity index (χ0v) is 7.69. The van der Waals surface area contributed by atoms with Crippen LogP contribution in [0.25, 0.3) is 0 Å². The van der Waals surface area contributed by atoms with Crippen molar-refractivity contribution in [2.75, 3.05) is 6.54 Å². The standard InChI is InChI=1S/C10H8F3NO/c11-10(12,13)7-2-1-6-4-14-5-9(15)8(6)3-7/h1-3,14H,4-5H2. The molecule has 1 heterocycles. The number of nitrogens with one attached hydrogen (secondary N) is 1. The predicted molar refractivity (Wildman–Crippen MR) is 47.5 cm³/mol. The molecule has 80 valence electrons. The lowest BCUT2D eigenvalue weighted by Crippen LogP contribution is -2.30. The van der Waals surface area contributed by atoms with Gasteiger partial charge in [-0.05, 0) is 17.7 Å². The first kappa shape index (κ1) is 10.2. The van der Waals surface area contributed by atoms with Gasteiger partial charge in [-0.25, -0.2) is 0 Å². The molecule has 0 aliphatic carbocycles. The zero-order chi connectivity index (χ0) is 11.1. The van der Waals surface area contributed by atoms with Crippen LogP contribution >= 0.6 is 0 Å². The van der Waals surface area contributed by atoms with E-state index in [1.807, 2.05) is 0 Å². The highest BCUT2D eigenvalue weighted by Crippen LogP contribution is 2.31. The van der Waals surface area contributed by atoms with Crippen molar-refractivity contribution < 1.29 is 18.0 Å². The quantitative estimate of drug-likeness (QED) is 0.717. The molecule has 0 aromatic heterocycles. The number of fused-ring (bicyclic) bond motifs is 1. The fourth-order valence-corrected chi connectivity index (χ4v) is 1.57. The fourth-order valence-electron chi connectivity index (χ4n) is 1.57. The molecule has 2 nitrogen and oxygen atoms in total. The summed E-state index contributed by atoms with van der Waals surface area (Å²) in [5.41, 5.74) is 0.0410. The van der Waals surface area contributed by atoms with Crippen LogP contribution in [-0.4, -0.2) is 12.3 Å². The van der Waals surface area contributed by atoms with Gasteiger partial charge < -0.3 is 5.32 Å². The molecule has 2 rings (SSSR count). The Bertz CT molecular complexity index is 412. The molecular formula is C10H8F3NO. The van der Waals surface area contributed by atoms with Crippen LogP contribution in [0.3, 0.4) is 0 Å². The Morgan fingerprint density at radius 2 is 1.93 bits per heavy atom. The minimum absolute atomic E-state index is 0.105. The molecule has 0 radical (unpaired) electrons. The molecule has 0 saturated carbocycles. The molecule has 0 saturated heterocycles. The van der Waals surface area contributed by atoms with Crippen LogP contribution in [0.15, 0.2) is 18.2 Å². The number of halogens is 3. The minimum atomic E-state index is -4.39. The lowest BCUT2D eigenvalue weighted by Gasteiger charge is -2.17. The monoisotopic (exact) mass is 215 g/mol. The van der Waals surface area contributed by atoms with E-state index in [0.29, 0.717) is 12.1 Å². The number of rotatable bonds is 0. The third-order valence-electron chi connectivity index (χ3n) is 2.34. The zero-order valence-electron chi connectivity index (χ0n) is 7.69. The van der Waals surface area contributed by atoms with E-state index in [1.54, 1.807) is 0 Å². The average molecular weight is 215 g/mol. The van der Waals surface area contributed by atoms with E-state index in [-0.39, 0.29) is 17.9 Å². The molecule has 15 heavy (non-hydrogen) atoms. The third-order valence-corrected chi connectivity index (χ3v) is 2.34. The van der Waals surface area contributed by atoms with Crippen molar-refractivity contribution in [3.8, 4) is 0 Å². The SMILES string of the molecule is O=C1CNCc2ccc(C(F)(F)F)cc21. The molecule has 0 spiro atoms. The Kier molecular flexibility index (Phi) is 2.26. The first-order chi connectivity index (χ1) is 6.98. The molecule has 0 bridgehead atoms. The molecule has 1 aromatic rings. The molecular weight excluding hydrogens is 207 g/mol. The van der Waals surface area contributed by atoms with Gasteiger partial charge in [0.05, 0.1) is 12.1 Å². The number of carbonyl (C=O) groups is 1. The molecule has 0 unspecified atom stereocenters. The van der Waals surface area contributed by atoms with Crippen LogP contribution in [0.2, 0.25) is 0 Å². The van der Waals surface area contributed by atoms with E-state index in [4.69, 9.17) is 0 Å². The molecule has 1 aliphatic rings. The summed E-state index contributed by atoms with van der Waals surface area (Å²) in [6, 6.07) is 3.28. The van der Waals surface area contributed by atoms with Gasteiger partial charge in [0.2, 0.25) is 0 Å². The Balaban J connectivity index is 2.49. The lowest BCUT2D eigenvalue weighted by atomic mass is 9.97. The summed E-state index contributed by atoms with van der Waals surface area (Å²) < 4.78 is 37.1. The van der Waals surface area contributed by atoms with E-state index in [0.717, 1.165) is 12.1 Å². The number of hydrogen-bond donors (Lipinski definition) is 1. The summed E-state index contributed by atoms with van der Waals surface area (Å²) >= 11 is 0. The number of alkyl halides is 3. The number of carbonyl (C=O) groups excluding carboxylic acids is 1. The first-order valence-corrected chi connectivity index (χ1v) is 4.42.